The fourth-order valence-electron chi connectivity index (χ4n) is 4.10. The maximum absolute atomic E-state index is 13.3. The van der Waals surface area contributed by atoms with Gasteiger partial charge in [-0.2, -0.15) is 0 Å². The summed E-state index contributed by atoms with van der Waals surface area (Å²) in [4.78, 5) is 17.2. The van der Waals surface area contributed by atoms with E-state index in [9.17, 15) is 4.79 Å². The first-order valence-corrected chi connectivity index (χ1v) is 9.11. The molecule has 0 bridgehead atoms. The lowest BCUT2D eigenvalue weighted by Gasteiger charge is -2.31. The summed E-state index contributed by atoms with van der Waals surface area (Å²) in [5, 5.41) is 0. The first-order chi connectivity index (χ1) is 12.7. The minimum Gasteiger partial charge on any atom is -0.497 e. The van der Waals surface area contributed by atoms with E-state index in [4.69, 9.17) is 9.47 Å². The van der Waals surface area contributed by atoms with Crippen LogP contribution in [0.3, 0.4) is 0 Å². The summed E-state index contributed by atoms with van der Waals surface area (Å²) in [6.45, 7) is 1.53. The Morgan fingerprint density at radius 1 is 1.08 bits per heavy atom. The van der Waals surface area contributed by atoms with Crippen LogP contribution >= 0.6 is 0 Å². The average Bonchev–Trinajstić information content (AvgIpc) is 3.34. The van der Waals surface area contributed by atoms with Crippen molar-refractivity contribution in [3.05, 3.63) is 53.6 Å². The molecule has 1 saturated heterocycles. The highest BCUT2D eigenvalue weighted by atomic mass is 16.5. The number of anilines is 1. The Kier molecular flexibility index (Phi) is 4.45. The molecule has 136 valence electrons. The van der Waals surface area contributed by atoms with Gasteiger partial charge < -0.3 is 14.4 Å². The molecule has 2 heterocycles. The van der Waals surface area contributed by atoms with Gasteiger partial charge in [0.1, 0.15) is 11.5 Å². The molecule has 2 aromatic rings. The fourth-order valence-corrected chi connectivity index (χ4v) is 4.10. The van der Waals surface area contributed by atoms with E-state index in [2.05, 4.69) is 6.07 Å². The first-order valence-electron chi connectivity index (χ1n) is 9.11. The minimum atomic E-state index is 0.0381. The van der Waals surface area contributed by atoms with E-state index in [0.29, 0.717) is 0 Å². The Morgan fingerprint density at radius 3 is 2.73 bits per heavy atom. The van der Waals surface area contributed by atoms with Crippen molar-refractivity contribution in [2.75, 3.05) is 32.2 Å². The second-order valence-electron chi connectivity index (χ2n) is 6.77. The molecule has 5 nitrogen and oxygen atoms in total. The van der Waals surface area contributed by atoms with E-state index >= 15 is 0 Å². The number of nitrogens with zero attached hydrogens (tertiary/aromatic N) is 2. The van der Waals surface area contributed by atoms with Gasteiger partial charge in [-0.3, -0.25) is 4.90 Å². The predicted octanol–water partition coefficient (Wildman–Crippen LogP) is 4.02. The van der Waals surface area contributed by atoms with E-state index in [1.54, 1.807) is 14.2 Å². The molecule has 0 aliphatic carbocycles. The van der Waals surface area contributed by atoms with Crippen LogP contribution in [0.1, 0.15) is 30.0 Å². The molecule has 5 heteroatoms. The zero-order chi connectivity index (χ0) is 18.1. The van der Waals surface area contributed by atoms with Crippen LogP contribution < -0.4 is 14.4 Å². The molecule has 0 radical (unpaired) electrons. The number of carbonyl (C=O) groups excluding carboxylic acids is 1. The second-order valence-corrected chi connectivity index (χ2v) is 6.77. The van der Waals surface area contributed by atoms with Crippen molar-refractivity contribution in [3.8, 4) is 11.5 Å². The van der Waals surface area contributed by atoms with Gasteiger partial charge in [0, 0.05) is 30.4 Å². The Morgan fingerprint density at radius 2 is 1.92 bits per heavy atom. The van der Waals surface area contributed by atoms with Crippen molar-refractivity contribution in [2.45, 2.75) is 25.3 Å². The van der Waals surface area contributed by atoms with Gasteiger partial charge in [-0.1, -0.05) is 18.2 Å². The van der Waals surface area contributed by atoms with E-state index in [1.165, 1.54) is 5.56 Å². The number of likely N-dealkylation sites (tertiary alicyclic amines) is 1. The maximum Gasteiger partial charge on any atom is 0.325 e. The van der Waals surface area contributed by atoms with E-state index in [1.807, 2.05) is 46.2 Å². The van der Waals surface area contributed by atoms with Gasteiger partial charge in [-0.15, -0.1) is 0 Å². The van der Waals surface area contributed by atoms with Crippen LogP contribution in [0.5, 0.6) is 11.5 Å². The van der Waals surface area contributed by atoms with Crippen LogP contribution in [0.25, 0.3) is 0 Å². The number of rotatable bonds is 3. The molecular weight excluding hydrogens is 328 g/mol. The van der Waals surface area contributed by atoms with Crippen molar-refractivity contribution >= 4 is 11.7 Å². The number of fused-ring (bicyclic) bond motifs is 1. The largest absolute Gasteiger partial charge is 0.497 e. The number of hydrogen-bond acceptors (Lipinski definition) is 3. The number of ether oxygens (including phenoxy) is 2. The summed E-state index contributed by atoms with van der Waals surface area (Å²) < 4.78 is 10.9. The highest BCUT2D eigenvalue weighted by Crippen LogP contribution is 2.40. The molecule has 4 rings (SSSR count). The lowest BCUT2D eigenvalue weighted by molar-refractivity contribution is 0.199. The summed E-state index contributed by atoms with van der Waals surface area (Å²) in [7, 11) is 3.31. The van der Waals surface area contributed by atoms with Crippen LogP contribution in [0, 0.1) is 0 Å². The molecule has 2 amide bonds. The molecule has 26 heavy (non-hydrogen) atoms. The van der Waals surface area contributed by atoms with Crippen LogP contribution in [0.2, 0.25) is 0 Å². The third-order valence-electron chi connectivity index (χ3n) is 5.42. The number of carbonyl (C=O) groups is 1. The van der Waals surface area contributed by atoms with Gasteiger partial charge in [-0.25, -0.2) is 4.79 Å². The normalized spacial score (nSPS) is 18.8. The van der Waals surface area contributed by atoms with Crippen LogP contribution in [-0.2, 0) is 6.42 Å². The summed E-state index contributed by atoms with van der Waals surface area (Å²) in [6, 6.07) is 14.2. The molecule has 0 aromatic heterocycles. The molecule has 1 fully saturated rings. The quantitative estimate of drug-likeness (QED) is 0.838. The van der Waals surface area contributed by atoms with Crippen molar-refractivity contribution in [1.82, 2.24) is 4.90 Å². The summed E-state index contributed by atoms with van der Waals surface area (Å²) in [6.07, 6.45) is 2.87. The van der Waals surface area contributed by atoms with E-state index < -0.39 is 0 Å². The lowest BCUT2D eigenvalue weighted by Crippen LogP contribution is -2.42. The van der Waals surface area contributed by atoms with Gasteiger partial charge in [0.05, 0.1) is 20.3 Å². The highest BCUT2D eigenvalue weighted by Gasteiger charge is 2.36. The van der Waals surface area contributed by atoms with Crippen molar-refractivity contribution in [1.29, 1.82) is 0 Å². The Bertz CT molecular complexity index is 821. The summed E-state index contributed by atoms with van der Waals surface area (Å²) in [5.74, 6) is 1.53. The molecule has 2 aromatic carbocycles. The maximum atomic E-state index is 13.3. The topological polar surface area (TPSA) is 42.0 Å². The minimum absolute atomic E-state index is 0.0381. The number of para-hydroxylation sites is 1. The first kappa shape index (κ1) is 16.8. The average molecular weight is 352 g/mol. The Balaban J connectivity index is 1.62. The zero-order valence-corrected chi connectivity index (χ0v) is 15.3. The molecule has 2 aliphatic heterocycles. The van der Waals surface area contributed by atoms with Gasteiger partial charge in [0.15, 0.2) is 0 Å². The third kappa shape index (κ3) is 2.77. The smallest absolute Gasteiger partial charge is 0.325 e. The van der Waals surface area contributed by atoms with E-state index in [-0.39, 0.29) is 12.1 Å². The zero-order valence-electron chi connectivity index (χ0n) is 15.3. The molecule has 1 unspecified atom stereocenters. The standard InChI is InChI=1S/C21H24N2O3/c1-25-16-9-10-17(20(14-16)26-2)19-8-5-12-22(19)21(24)23-13-11-15-6-3-4-7-18(15)23/h3-4,6-7,9-10,14,19H,5,8,11-13H2,1-2H3. The Hall–Kier alpha value is -2.69. The summed E-state index contributed by atoms with van der Waals surface area (Å²) >= 11 is 0. The molecular formula is C21H24N2O3. The van der Waals surface area contributed by atoms with Crippen LogP contribution in [0.15, 0.2) is 42.5 Å². The number of urea groups is 1. The van der Waals surface area contributed by atoms with Gasteiger partial charge in [0.2, 0.25) is 0 Å². The SMILES string of the molecule is COc1ccc(C2CCCN2C(=O)N2CCc3ccccc32)c(OC)c1. The number of amides is 2. The predicted molar refractivity (Wildman–Crippen MR) is 101 cm³/mol. The second kappa shape index (κ2) is 6.90. The third-order valence-corrected chi connectivity index (χ3v) is 5.42. The van der Waals surface area contributed by atoms with Crippen molar-refractivity contribution in [2.24, 2.45) is 0 Å². The Labute approximate surface area is 154 Å². The van der Waals surface area contributed by atoms with Gasteiger partial charge >= 0.3 is 6.03 Å². The van der Waals surface area contributed by atoms with Gasteiger partial charge in [0.25, 0.3) is 0 Å². The molecule has 1 atom stereocenters. The van der Waals surface area contributed by atoms with E-state index in [0.717, 1.165) is 55.1 Å². The summed E-state index contributed by atoms with van der Waals surface area (Å²) in [5.41, 5.74) is 3.34. The fraction of sp³-hybridized carbons (Fsp3) is 0.381. The molecule has 2 aliphatic rings. The molecule has 0 spiro atoms. The van der Waals surface area contributed by atoms with Crippen LogP contribution in [-0.4, -0.2) is 38.2 Å². The van der Waals surface area contributed by atoms with Gasteiger partial charge in [-0.05, 0) is 43.0 Å². The number of hydrogen-bond donors (Lipinski definition) is 0. The van der Waals surface area contributed by atoms with Crippen LogP contribution in [0.4, 0.5) is 10.5 Å². The monoisotopic (exact) mass is 352 g/mol. The lowest BCUT2D eigenvalue weighted by atomic mass is 10.0. The molecule has 0 N–H and O–H groups in total. The van der Waals surface area contributed by atoms with Crippen molar-refractivity contribution in [3.63, 3.8) is 0 Å². The number of methoxy groups -OCH3 is 2. The highest BCUT2D eigenvalue weighted by molar-refractivity contribution is 5.94. The van der Waals surface area contributed by atoms with Crippen molar-refractivity contribution < 1.29 is 14.3 Å². The number of benzene rings is 2. The molecule has 0 saturated carbocycles.